The van der Waals surface area contributed by atoms with Crippen molar-refractivity contribution in [2.75, 3.05) is 19.7 Å². The van der Waals surface area contributed by atoms with Gasteiger partial charge in [-0.1, -0.05) is 18.2 Å². The predicted octanol–water partition coefficient (Wildman–Crippen LogP) is 2.33. The summed E-state index contributed by atoms with van der Waals surface area (Å²) in [7, 11) is 0. The fourth-order valence-electron chi connectivity index (χ4n) is 2.33. The van der Waals surface area contributed by atoms with Gasteiger partial charge in [0, 0.05) is 12.3 Å². The molecular formula is C15H21NO2. The van der Waals surface area contributed by atoms with Gasteiger partial charge in [0.05, 0.1) is 6.61 Å². The van der Waals surface area contributed by atoms with Crippen molar-refractivity contribution in [1.82, 2.24) is 5.32 Å². The van der Waals surface area contributed by atoms with Crippen molar-refractivity contribution in [2.24, 2.45) is 5.92 Å². The number of nitrogens with one attached hydrogen (secondary N) is 1. The fraction of sp³-hybridized carbons (Fsp3) is 0.533. The molecule has 1 fully saturated rings. The first-order valence-corrected chi connectivity index (χ1v) is 6.69. The molecule has 0 spiro atoms. The van der Waals surface area contributed by atoms with Crippen LogP contribution in [0.2, 0.25) is 0 Å². The lowest BCUT2D eigenvalue weighted by Crippen LogP contribution is -2.32. The fourth-order valence-corrected chi connectivity index (χ4v) is 2.33. The van der Waals surface area contributed by atoms with Crippen LogP contribution in [0.1, 0.15) is 24.8 Å². The minimum Gasteiger partial charge on any atom is -0.493 e. The first-order chi connectivity index (χ1) is 8.77. The molecule has 1 aliphatic rings. The van der Waals surface area contributed by atoms with Gasteiger partial charge in [-0.3, -0.25) is 4.79 Å². The van der Waals surface area contributed by atoms with Gasteiger partial charge in [-0.05, 0) is 44.5 Å². The Balaban J connectivity index is 1.75. The topological polar surface area (TPSA) is 38.3 Å². The average molecular weight is 247 g/mol. The van der Waals surface area contributed by atoms with Gasteiger partial charge in [0.15, 0.2) is 0 Å². The second-order valence-electron chi connectivity index (χ2n) is 4.85. The number of aryl methyl sites for hydroxylation is 1. The van der Waals surface area contributed by atoms with Crippen molar-refractivity contribution < 1.29 is 9.53 Å². The van der Waals surface area contributed by atoms with Crippen LogP contribution in [0.15, 0.2) is 24.3 Å². The standard InChI is InChI=1S/C15H21NO2/c1-12-4-2-3-5-15(12)18-11-8-14(17)13-6-9-16-10-7-13/h2-5,13,16H,6-11H2,1H3. The lowest BCUT2D eigenvalue weighted by atomic mass is 9.92. The van der Waals surface area contributed by atoms with E-state index in [1.54, 1.807) is 0 Å². The largest absolute Gasteiger partial charge is 0.493 e. The van der Waals surface area contributed by atoms with E-state index in [0.717, 1.165) is 37.2 Å². The lowest BCUT2D eigenvalue weighted by Gasteiger charge is -2.21. The zero-order chi connectivity index (χ0) is 12.8. The zero-order valence-electron chi connectivity index (χ0n) is 10.9. The Kier molecular flexibility index (Phi) is 4.76. The molecule has 0 radical (unpaired) electrons. The van der Waals surface area contributed by atoms with E-state index in [1.165, 1.54) is 0 Å². The summed E-state index contributed by atoms with van der Waals surface area (Å²) in [4.78, 5) is 12.0. The Morgan fingerprint density at radius 1 is 1.33 bits per heavy atom. The maximum absolute atomic E-state index is 12.0. The molecule has 1 aromatic rings. The molecule has 0 atom stereocenters. The Morgan fingerprint density at radius 2 is 2.06 bits per heavy atom. The summed E-state index contributed by atoms with van der Waals surface area (Å²) < 4.78 is 5.66. The maximum atomic E-state index is 12.0. The number of ether oxygens (including phenoxy) is 1. The van der Waals surface area contributed by atoms with Crippen LogP contribution >= 0.6 is 0 Å². The molecule has 0 aliphatic carbocycles. The number of Topliss-reactive ketones (excluding diaryl/α,β-unsaturated/α-hetero) is 1. The molecule has 0 aromatic heterocycles. The Labute approximate surface area is 109 Å². The number of carbonyl (C=O) groups excluding carboxylic acids is 1. The van der Waals surface area contributed by atoms with Crippen LogP contribution in [0, 0.1) is 12.8 Å². The SMILES string of the molecule is Cc1ccccc1OCCC(=O)C1CCNCC1. The molecule has 1 N–H and O–H groups in total. The third-order valence-electron chi connectivity index (χ3n) is 3.49. The molecule has 1 aliphatic heterocycles. The van der Waals surface area contributed by atoms with Crippen LogP contribution in [-0.2, 0) is 4.79 Å². The van der Waals surface area contributed by atoms with Gasteiger partial charge in [0.25, 0.3) is 0 Å². The van der Waals surface area contributed by atoms with Crippen LogP contribution in [0.25, 0.3) is 0 Å². The van der Waals surface area contributed by atoms with Crippen molar-refractivity contribution in [3.05, 3.63) is 29.8 Å². The molecule has 0 saturated carbocycles. The molecule has 0 bridgehead atoms. The molecule has 18 heavy (non-hydrogen) atoms. The van der Waals surface area contributed by atoms with Gasteiger partial charge in [0.2, 0.25) is 0 Å². The van der Waals surface area contributed by atoms with Crippen molar-refractivity contribution in [3.63, 3.8) is 0 Å². The Hall–Kier alpha value is -1.35. The van der Waals surface area contributed by atoms with E-state index < -0.39 is 0 Å². The lowest BCUT2D eigenvalue weighted by molar-refractivity contribution is -0.124. The van der Waals surface area contributed by atoms with Crippen LogP contribution < -0.4 is 10.1 Å². The zero-order valence-corrected chi connectivity index (χ0v) is 10.9. The molecule has 1 aromatic carbocycles. The molecule has 0 amide bonds. The smallest absolute Gasteiger partial charge is 0.139 e. The van der Waals surface area contributed by atoms with Crippen molar-refractivity contribution in [2.45, 2.75) is 26.2 Å². The number of carbonyl (C=O) groups is 1. The van der Waals surface area contributed by atoms with Gasteiger partial charge in [-0.15, -0.1) is 0 Å². The quantitative estimate of drug-likeness (QED) is 0.868. The van der Waals surface area contributed by atoms with E-state index in [1.807, 2.05) is 31.2 Å². The second kappa shape index (κ2) is 6.55. The van der Waals surface area contributed by atoms with Crippen LogP contribution in [-0.4, -0.2) is 25.5 Å². The second-order valence-corrected chi connectivity index (χ2v) is 4.85. The van der Waals surface area contributed by atoms with E-state index in [-0.39, 0.29) is 5.92 Å². The number of para-hydroxylation sites is 1. The normalized spacial score (nSPS) is 16.5. The molecule has 0 unspecified atom stereocenters. The van der Waals surface area contributed by atoms with E-state index in [0.29, 0.717) is 18.8 Å². The van der Waals surface area contributed by atoms with E-state index in [4.69, 9.17) is 4.74 Å². The monoisotopic (exact) mass is 247 g/mol. The number of hydrogen-bond acceptors (Lipinski definition) is 3. The minimum absolute atomic E-state index is 0.242. The highest BCUT2D eigenvalue weighted by Crippen LogP contribution is 2.18. The van der Waals surface area contributed by atoms with Crippen molar-refractivity contribution in [3.8, 4) is 5.75 Å². The first-order valence-electron chi connectivity index (χ1n) is 6.69. The van der Waals surface area contributed by atoms with E-state index >= 15 is 0 Å². The Bertz CT molecular complexity index is 397. The highest BCUT2D eigenvalue weighted by atomic mass is 16.5. The van der Waals surface area contributed by atoms with Gasteiger partial charge >= 0.3 is 0 Å². The molecule has 1 heterocycles. The van der Waals surface area contributed by atoms with Gasteiger partial charge in [-0.25, -0.2) is 0 Å². The van der Waals surface area contributed by atoms with Crippen LogP contribution in [0.5, 0.6) is 5.75 Å². The third-order valence-corrected chi connectivity index (χ3v) is 3.49. The molecule has 3 heteroatoms. The number of benzene rings is 1. The molecule has 98 valence electrons. The summed E-state index contributed by atoms with van der Waals surface area (Å²) in [6, 6.07) is 7.91. The Morgan fingerprint density at radius 3 is 2.78 bits per heavy atom. The summed E-state index contributed by atoms with van der Waals surface area (Å²) in [6.07, 6.45) is 2.48. The number of piperidine rings is 1. The molecule has 2 rings (SSSR count). The number of rotatable bonds is 5. The highest BCUT2D eigenvalue weighted by Gasteiger charge is 2.20. The first kappa shape index (κ1) is 13.1. The highest BCUT2D eigenvalue weighted by molar-refractivity contribution is 5.81. The van der Waals surface area contributed by atoms with Crippen LogP contribution in [0.4, 0.5) is 0 Å². The number of ketones is 1. The summed E-state index contributed by atoms with van der Waals surface area (Å²) >= 11 is 0. The third kappa shape index (κ3) is 3.57. The molecular weight excluding hydrogens is 226 g/mol. The van der Waals surface area contributed by atoms with Gasteiger partial charge < -0.3 is 10.1 Å². The van der Waals surface area contributed by atoms with E-state index in [9.17, 15) is 4.79 Å². The maximum Gasteiger partial charge on any atom is 0.139 e. The van der Waals surface area contributed by atoms with E-state index in [2.05, 4.69) is 5.32 Å². The summed E-state index contributed by atoms with van der Waals surface area (Å²) in [6.45, 7) is 4.45. The minimum atomic E-state index is 0.242. The average Bonchev–Trinajstić information content (AvgIpc) is 2.42. The van der Waals surface area contributed by atoms with Gasteiger partial charge in [0.1, 0.15) is 11.5 Å². The molecule has 3 nitrogen and oxygen atoms in total. The van der Waals surface area contributed by atoms with Crippen molar-refractivity contribution >= 4 is 5.78 Å². The predicted molar refractivity (Wildman–Crippen MR) is 71.9 cm³/mol. The van der Waals surface area contributed by atoms with Crippen LogP contribution in [0.3, 0.4) is 0 Å². The number of hydrogen-bond donors (Lipinski definition) is 1. The van der Waals surface area contributed by atoms with Crippen molar-refractivity contribution in [1.29, 1.82) is 0 Å². The van der Waals surface area contributed by atoms with Gasteiger partial charge in [-0.2, -0.15) is 0 Å². The summed E-state index contributed by atoms with van der Waals surface area (Å²) in [5.74, 6) is 1.48. The summed E-state index contributed by atoms with van der Waals surface area (Å²) in [5.41, 5.74) is 1.12. The molecule has 1 saturated heterocycles. The summed E-state index contributed by atoms with van der Waals surface area (Å²) in [5, 5.41) is 3.28.